The highest BCUT2D eigenvalue weighted by Crippen LogP contribution is 2.52. The average molecular weight is 436 g/mol. The normalized spacial score (nSPS) is 21.5. The quantitative estimate of drug-likeness (QED) is 0.272. The molecule has 1 N–H and O–H groups in total. The van der Waals surface area contributed by atoms with Crippen molar-refractivity contribution in [3.05, 3.63) is 106 Å². The minimum Gasteiger partial charge on any atom is -0.423 e. The molecule has 1 heterocycles. The lowest BCUT2D eigenvalue weighted by atomic mass is 9.77. The van der Waals surface area contributed by atoms with E-state index in [0.29, 0.717) is 33.2 Å². The van der Waals surface area contributed by atoms with Gasteiger partial charge in [-0.25, -0.2) is 4.79 Å². The zero-order valence-corrected chi connectivity index (χ0v) is 17.5. The van der Waals surface area contributed by atoms with E-state index in [2.05, 4.69) is 23.5 Å². The second kappa shape index (κ2) is 7.82. The largest absolute Gasteiger partial charge is 0.423 e. The molecular formula is C25H19Cl2NO2. The number of halogens is 2. The number of fused-ring (bicyclic) bond motifs is 3. The van der Waals surface area contributed by atoms with Crippen molar-refractivity contribution < 1.29 is 9.53 Å². The summed E-state index contributed by atoms with van der Waals surface area (Å²) in [7, 11) is 0. The van der Waals surface area contributed by atoms with E-state index in [1.165, 1.54) is 5.56 Å². The smallest absolute Gasteiger partial charge is 0.343 e. The molecule has 0 amide bonds. The highest BCUT2D eigenvalue weighted by molar-refractivity contribution is 6.43. The monoisotopic (exact) mass is 435 g/mol. The van der Waals surface area contributed by atoms with Gasteiger partial charge in [0.2, 0.25) is 0 Å². The first-order valence-corrected chi connectivity index (χ1v) is 10.7. The zero-order valence-electron chi connectivity index (χ0n) is 16.0. The van der Waals surface area contributed by atoms with E-state index >= 15 is 0 Å². The summed E-state index contributed by atoms with van der Waals surface area (Å²) in [6.45, 7) is 0. The van der Waals surface area contributed by atoms with E-state index in [1.807, 2.05) is 48.5 Å². The summed E-state index contributed by atoms with van der Waals surface area (Å²) in [5.41, 5.74) is 3.74. The van der Waals surface area contributed by atoms with Gasteiger partial charge in [0.1, 0.15) is 5.75 Å². The summed E-state index contributed by atoms with van der Waals surface area (Å²) in [5.74, 6) is 0.851. The van der Waals surface area contributed by atoms with Gasteiger partial charge in [0.25, 0.3) is 0 Å². The minimum absolute atomic E-state index is 0.0901. The van der Waals surface area contributed by atoms with Gasteiger partial charge >= 0.3 is 5.97 Å². The molecule has 0 spiro atoms. The Labute approximate surface area is 185 Å². The van der Waals surface area contributed by atoms with Crippen molar-refractivity contribution in [2.24, 2.45) is 5.92 Å². The van der Waals surface area contributed by atoms with Crippen molar-refractivity contribution in [3.63, 3.8) is 0 Å². The lowest BCUT2D eigenvalue weighted by Gasteiger charge is -2.38. The Morgan fingerprint density at radius 1 is 0.967 bits per heavy atom. The third kappa shape index (κ3) is 3.38. The molecule has 5 heteroatoms. The van der Waals surface area contributed by atoms with Crippen molar-refractivity contribution in [1.82, 2.24) is 0 Å². The highest BCUT2D eigenvalue weighted by Gasteiger charge is 2.38. The zero-order chi connectivity index (χ0) is 20.7. The van der Waals surface area contributed by atoms with Crippen molar-refractivity contribution in [2.75, 3.05) is 5.32 Å². The fourth-order valence-electron chi connectivity index (χ4n) is 4.42. The predicted molar refractivity (Wildman–Crippen MR) is 121 cm³/mol. The van der Waals surface area contributed by atoms with Gasteiger partial charge in [-0.3, -0.25) is 0 Å². The molecule has 0 unspecified atom stereocenters. The van der Waals surface area contributed by atoms with Crippen LogP contribution in [-0.4, -0.2) is 5.97 Å². The molecule has 0 bridgehead atoms. The Morgan fingerprint density at radius 2 is 1.73 bits per heavy atom. The van der Waals surface area contributed by atoms with Crippen LogP contribution >= 0.6 is 23.2 Å². The Morgan fingerprint density at radius 3 is 2.50 bits per heavy atom. The molecule has 30 heavy (non-hydrogen) atoms. The SMILES string of the molecule is O=C(Oc1ccc([C@@H]2Nc3c(ccc(Cl)c3Cl)[C@@H]3C=CC[C@@H]32)cc1)c1ccccc1. The molecule has 0 saturated heterocycles. The third-order valence-corrected chi connectivity index (χ3v) is 6.69. The Balaban J connectivity index is 1.40. The maximum atomic E-state index is 12.3. The van der Waals surface area contributed by atoms with Crippen LogP contribution in [0.1, 0.15) is 39.9 Å². The number of hydrogen-bond donors (Lipinski definition) is 1. The summed E-state index contributed by atoms with van der Waals surface area (Å²) in [5, 5.41) is 4.72. The molecule has 5 rings (SSSR count). The van der Waals surface area contributed by atoms with Gasteiger partial charge in [-0.15, -0.1) is 0 Å². The average Bonchev–Trinajstić information content (AvgIpc) is 3.27. The molecule has 1 aliphatic carbocycles. The van der Waals surface area contributed by atoms with Crippen LogP contribution in [0.25, 0.3) is 0 Å². The molecule has 3 nitrogen and oxygen atoms in total. The molecule has 150 valence electrons. The Bertz CT molecular complexity index is 1130. The van der Waals surface area contributed by atoms with Crippen LogP contribution in [0.4, 0.5) is 5.69 Å². The van der Waals surface area contributed by atoms with Crippen LogP contribution in [0.3, 0.4) is 0 Å². The first-order chi connectivity index (χ1) is 14.6. The van der Waals surface area contributed by atoms with E-state index in [0.717, 1.165) is 17.7 Å². The Kier molecular flexibility index (Phi) is 5.01. The number of allylic oxidation sites excluding steroid dienone is 2. The summed E-state index contributed by atoms with van der Waals surface area (Å²) in [6, 6.07) is 20.7. The first kappa shape index (κ1) is 19.2. The van der Waals surface area contributed by atoms with Crippen LogP contribution in [0.15, 0.2) is 78.9 Å². The molecule has 0 saturated carbocycles. The number of carbonyl (C=O) groups excluding carboxylic acids is 1. The van der Waals surface area contributed by atoms with Gasteiger partial charge in [-0.2, -0.15) is 0 Å². The van der Waals surface area contributed by atoms with Crippen molar-refractivity contribution in [1.29, 1.82) is 0 Å². The molecule has 0 radical (unpaired) electrons. The fraction of sp³-hybridized carbons (Fsp3) is 0.160. The van der Waals surface area contributed by atoms with E-state index in [9.17, 15) is 4.79 Å². The second-order valence-corrected chi connectivity index (χ2v) is 8.41. The summed E-state index contributed by atoms with van der Waals surface area (Å²) in [6.07, 6.45) is 5.49. The molecule has 1 aliphatic heterocycles. The van der Waals surface area contributed by atoms with Crippen LogP contribution in [0.2, 0.25) is 10.0 Å². The van der Waals surface area contributed by atoms with Gasteiger partial charge in [-0.1, -0.05) is 71.8 Å². The van der Waals surface area contributed by atoms with Crippen LogP contribution in [-0.2, 0) is 0 Å². The maximum absolute atomic E-state index is 12.3. The lowest BCUT2D eigenvalue weighted by molar-refractivity contribution is 0.0734. The van der Waals surface area contributed by atoms with Crippen molar-refractivity contribution in [3.8, 4) is 5.75 Å². The number of rotatable bonds is 3. The van der Waals surface area contributed by atoms with Gasteiger partial charge in [0.05, 0.1) is 27.3 Å². The third-order valence-electron chi connectivity index (χ3n) is 5.89. The number of ether oxygens (including phenoxy) is 1. The van der Waals surface area contributed by atoms with Crippen LogP contribution in [0, 0.1) is 5.92 Å². The van der Waals surface area contributed by atoms with Gasteiger partial charge < -0.3 is 10.1 Å². The molecule has 3 aromatic carbocycles. The van der Waals surface area contributed by atoms with Gasteiger partial charge in [0, 0.05) is 5.92 Å². The van der Waals surface area contributed by atoms with Gasteiger partial charge in [0.15, 0.2) is 0 Å². The number of hydrogen-bond acceptors (Lipinski definition) is 3. The highest BCUT2D eigenvalue weighted by atomic mass is 35.5. The molecule has 0 aromatic heterocycles. The van der Waals surface area contributed by atoms with Crippen LogP contribution in [0.5, 0.6) is 5.75 Å². The number of benzene rings is 3. The molecular weight excluding hydrogens is 417 g/mol. The lowest BCUT2D eigenvalue weighted by Crippen LogP contribution is -2.29. The number of carbonyl (C=O) groups is 1. The van der Waals surface area contributed by atoms with E-state index in [4.69, 9.17) is 27.9 Å². The van der Waals surface area contributed by atoms with Crippen LogP contribution < -0.4 is 10.1 Å². The number of anilines is 1. The van der Waals surface area contributed by atoms with E-state index in [-0.39, 0.29) is 12.0 Å². The second-order valence-electron chi connectivity index (χ2n) is 7.63. The molecule has 3 aromatic rings. The maximum Gasteiger partial charge on any atom is 0.343 e. The number of nitrogens with one attached hydrogen (secondary N) is 1. The van der Waals surface area contributed by atoms with Crippen molar-refractivity contribution >= 4 is 34.9 Å². The molecule has 3 atom stereocenters. The summed E-state index contributed by atoms with van der Waals surface area (Å²) < 4.78 is 5.51. The fourth-order valence-corrected chi connectivity index (χ4v) is 4.80. The first-order valence-electron chi connectivity index (χ1n) is 9.90. The standard InChI is InChI=1S/C25H19Cl2NO2/c26-21-14-13-20-18-7-4-8-19(18)23(28-24(20)22(21)27)15-9-11-17(12-10-15)30-25(29)16-5-2-1-3-6-16/h1-7,9-14,18-19,23,28H,8H2/t18-,19+,23+/m1/s1. The minimum atomic E-state index is -0.366. The molecule has 0 fully saturated rings. The summed E-state index contributed by atoms with van der Waals surface area (Å²) in [4.78, 5) is 12.3. The van der Waals surface area contributed by atoms with E-state index in [1.54, 1.807) is 12.1 Å². The van der Waals surface area contributed by atoms with Crippen molar-refractivity contribution in [2.45, 2.75) is 18.4 Å². The number of esters is 1. The van der Waals surface area contributed by atoms with Gasteiger partial charge in [-0.05, 0) is 53.8 Å². The Hall–Kier alpha value is -2.75. The van der Waals surface area contributed by atoms with E-state index < -0.39 is 0 Å². The topological polar surface area (TPSA) is 38.3 Å². The predicted octanol–water partition coefficient (Wildman–Crippen LogP) is 7.04. The molecule has 2 aliphatic rings. The summed E-state index contributed by atoms with van der Waals surface area (Å²) >= 11 is 12.8.